The van der Waals surface area contributed by atoms with Gasteiger partial charge in [0, 0.05) is 0 Å². The summed E-state index contributed by atoms with van der Waals surface area (Å²) in [6.45, 7) is 3.52. The van der Waals surface area contributed by atoms with Gasteiger partial charge < -0.3 is 10.8 Å². The minimum absolute atomic E-state index is 0.563. The molecule has 0 unspecified atom stereocenters. The Balaban J connectivity index is 2.62. The van der Waals surface area contributed by atoms with Crippen molar-refractivity contribution in [3.05, 3.63) is 23.8 Å². The molecule has 0 saturated heterocycles. The van der Waals surface area contributed by atoms with E-state index < -0.39 is 5.60 Å². The molecule has 0 aliphatic heterocycles. The molecule has 2 aromatic rings. The van der Waals surface area contributed by atoms with Gasteiger partial charge in [0.1, 0.15) is 0 Å². The fourth-order valence-corrected chi connectivity index (χ4v) is 2.10. The molecule has 74 valence electrons. The quantitative estimate of drug-likeness (QED) is 0.754. The summed E-state index contributed by atoms with van der Waals surface area (Å²) < 4.78 is 1.02. The van der Waals surface area contributed by atoms with Crippen LogP contribution in [0, 0.1) is 0 Å². The monoisotopic (exact) mass is 208 g/mol. The molecule has 0 amide bonds. The highest BCUT2D eigenvalue weighted by atomic mass is 32.1. The Kier molecular flexibility index (Phi) is 1.97. The first kappa shape index (κ1) is 9.43. The van der Waals surface area contributed by atoms with E-state index in [1.165, 1.54) is 11.3 Å². The van der Waals surface area contributed by atoms with E-state index in [1.807, 2.05) is 18.2 Å². The maximum atomic E-state index is 9.81. The third kappa shape index (κ3) is 1.58. The fourth-order valence-electron chi connectivity index (χ4n) is 1.32. The average molecular weight is 208 g/mol. The number of aromatic nitrogens is 1. The molecule has 0 saturated carbocycles. The molecule has 1 heterocycles. The molecule has 1 aromatic carbocycles. The van der Waals surface area contributed by atoms with Gasteiger partial charge in [0.2, 0.25) is 0 Å². The average Bonchev–Trinajstić information content (AvgIpc) is 2.41. The van der Waals surface area contributed by atoms with Gasteiger partial charge in [-0.1, -0.05) is 17.4 Å². The molecule has 0 aliphatic carbocycles. The predicted octanol–water partition coefficient (Wildman–Crippen LogP) is 2.11. The summed E-state index contributed by atoms with van der Waals surface area (Å²) >= 11 is 1.44. The SMILES string of the molecule is CC(C)(O)c1ccc2nc(N)sc2c1. The van der Waals surface area contributed by atoms with Crippen LogP contribution in [0.3, 0.4) is 0 Å². The first-order valence-corrected chi connectivity index (χ1v) is 5.17. The molecular formula is C10H12N2OS. The molecule has 14 heavy (non-hydrogen) atoms. The standard InChI is InChI=1S/C10H12N2OS/c1-10(2,13)6-3-4-7-8(5-6)14-9(11)12-7/h3-5,13H,1-2H3,(H2,11,12). The summed E-state index contributed by atoms with van der Waals surface area (Å²) in [6.07, 6.45) is 0. The van der Waals surface area contributed by atoms with E-state index in [0.717, 1.165) is 15.8 Å². The van der Waals surface area contributed by atoms with Crippen molar-refractivity contribution in [3.8, 4) is 0 Å². The Labute approximate surface area is 86.2 Å². The van der Waals surface area contributed by atoms with E-state index in [9.17, 15) is 5.11 Å². The number of thiazole rings is 1. The van der Waals surface area contributed by atoms with Crippen molar-refractivity contribution in [2.45, 2.75) is 19.4 Å². The second-order valence-electron chi connectivity index (χ2n) is 3.79. The van der Waals surface area contributed by atoms with Crippen molar-refractivity contribution in [3.63, 3.8) is 0 Å². The first-order chi connectivity index (χ1) is 6.47. The molecule has 0 aliphatic rings. The van der Waals surface area contributed by atoms with Crippen molar-refractivity contribution in [1.82, 2.24) is 4.98 Å². The fraction of sp³-hybridized carbons (Fsp3) is 0.300. The van der Waals surface area contributed by atoms with Crippen LogP contribution in [-0.2, 0) is 5.60 Å². The van der Waals surface area contributed by atoms with Crippen LogP contribution in [0.1, 0.15) is 19.4 Å². The van der Waals surface area contributed by atoms with Crippen LogP contribution >= 0.6 is 11.3 Å². The third-order valence-electron chi connectivity index (χ3n) is 2.11. The summed E-state index contributed by atoms with van der Waals surface area (Å²) in [4.78, 5) is 4.15. The van der Waals surface area contributed by atoms with E-state index >= 15 is 0 Å². The van der Waals surface area contributed by atoms with E-state index in [-0.39, 0.29) is 0 Å². The van der Waals surface area contributed by atoms with Gasteiger partial charge in [0.05, 0.1) is 15.8 Å². The molecule has 0 fully saturated rings. The van der Waals surface area contributed by atoms with Crippen molar-refractivity contribution in [2.75, 3.05) is 5.73 Å². The summed E-state index contributed by atoms with van der Waals surface area (Å²) in [5.41, 5.74) is 6.55. The van der Waals surface area contributed by atoms with E-state index in [1.54, 1.807) is 13.8 Å². The van der Waals surface area contributed by atoms with Crippen LogP contribution in [0.5, 0.6) is 0 Å². The Hall–Kier alpha value is -1.13. The number of aliphatic hydroxyl groups is 1. The van der Waals surface area contributed by atoms with Gasteiger partial charge in [-0.2, -0.15) is 0 Å². The largest absolute Gasteiger partial charge is 0.386 e. The molecule has 0 atom stereocenters. The van der Waals surface area contributed by atoms with Crippen molar-refractivity contribution in [2.24, 2.45) is 0 Å². The van der Waals surface area contributed by atoms with Gasteiger partial charge in [-0.25, -0.2) is 4.98 Å². The van der Waals surface area contributed by atoms with Gasteiger partial charge in [-0.05, 0) is 31.5 Å². The van der Waals surface area contributed by atoms with Crippen LogP contribution in [0.15, 0.2) is 18.2 Å². The molecule has 0 bridgehead atoms. The maximum Gasteiger partial charge on any atom is 0.181 e. The normalized spacial score (nSPS) is 12.2. The molecular weight excluding hydrogens is 196 g/mol. The highest BCUT2D eigenvalue weighted by Crippen LogP contribution is 2.28. The Morgan fingerprint density at radius 1 is 1.43 bits per heavy atom. The zero-order valence-electron chi connectivity index (χ0n) is 8.11. The molecule has 0 spiro atoms. The van der Waals surface area contributed by atoms with Crippen LogP contribution in [-0.4, -0.2) is 10.1 Å². The number of benzene rings is 1. The lowest BCUT2D eigenvalue weighted by atomic mass is 9.99. The second kappa shape index (κ2) is 2.93. The molecule has 0 radical (unpaired) electrons. The summed E-state index contributed by atoms with van der Waals surface area (Å²) in [7, 11) is 0. The number of hydrogen-bond acceptors (Lipinski definition) is 4. The van der Waals surface area contributed by atoms with Gasteiger partial charge in [-0.3, -0.25) is 0 Å². The number of nitrogens with zero attached hydrogens (tertiary/aromatic N) is 1. The number of nitrogen functional groups attached to an aromatic ring is 1. The number of fused-ring (bicyclic) bond motifs is 1. The van der Waals surface area contributed by atoms with Crippen LogP contribution < -0.4 is 5.73 Å². The van der Waals surface area contributed by atoms with Crippen LogP contribution in [0.4, 0.5) is 5.13 Å². The zero-order valence-corrected chi connectivity index (χ0v) is 8.93. The van der Waals surface area contributed by atoms with Gasteiger partial charge in [0.15, 0.2) is 5.13 Å². The number of hydrogen-bond donors (Lipinski definition) is 2. The number of nitrogens with two attached hydrogens (primary N) is 1. The Bertz CT molecular complexity index is 470. The van der Waals surface area contributed by atoms with Gasteiger partial charge >= 0.3 is 0 Å². The minimum atomic E-state index is -0.813. The lowest BCUT2D eigenvalue weighted by Crippen LogP contribution is -2.14. The highest BCUT2D eigenvalue weighted by Gasteiger charge is 2.16. The minimum Gasteiger partial charge on any atom is -0.386 e. The number of anilines is 1. The van der Waals surface area contributed by atoms with E-state index in [0.29, 0.717) is 5.13 Å². The first-order valence-electron chi connectivity index (χ1n) is 4.36. The van der Waals surface area contributed by atoms with Gasteiger partial charge in [-0.15, -0.1) is 0 Å². The zero-order chi connectivity index (χ0) is 10.3. The molecule has 3 N–H and O–H groups in total. The molecule has 1 aromatic heterocycles. The lowest BCUT2D eigenvalue weighted by molar-refractivity contribution is 0.0787. The van der Waals surface area contributed by atoms with Crippen molar-refractivity contribution < 1.29 is 5.11 Å². The molecule has 2 rings (SSSR count). The van der Waals surface area contributed by atoms with Crippen molar-refractivity contribution >= 4 is 26.7 Å². The summed E-state index contributed by atoms with van der Waals surface area (Å²) in [6, 6.07) is 5.69. The predicted molar refractivity (Wildman–Crippen MR) is 59.3 cm³/mol. The topological polar surface area (TPSA) is 59.1 Å². The second-order valence-corrected chi connectivity index (χ2v) is 4.86. The Morgan fingerprint density at radius 3 is 2.79 bits per heavy atom. The summed E-state index contributed by atoms with van der Waals surface area (Å²) in [5, 5.41) is 10.4. The van der Waals surface area contributed by atoms with E-state index in [2.05, 4.69) is 4.98 Å². The molecule has 4 heteroatoms. The lowest BCUT2D eigenvalue weighted by Gasteiger charge is -2.17. The summed E-state index contributed by atoms with van der Waals surface area (Å²) in [5.74, 6) is 0. The van der Waals surface area contributed by atoms with E-state index in [4.69, 9.17) is 5.73 Å². The van der Waals surface area contributed by atoms with Crippen LogP contribution in [0.2, 0.25) is 0 Å². The Morgan fingerprint density at radius 2 is 2.14 bits per heavy atom. The maximum absolute atomic E-state index is 9.81. The van der Waals surface area contributed by atoms with Gasteiger partial charge in [0.25, 0.3) is 0 Å². The van der Waals surface area contributed by atoms with Crippen molar-refractivity contribution in [1.29, 1.82) is 0 Å². The smallest absolute Gasteiger partial charge is 0.181 e. The molecule has 3 nitrogen and oxygen atoms in total. The number of rotatable bonds is 1. The highest BCUT2D eigenvalue weighted by molar-refractivity contribution is 7.22. The third-order valence-corrected chi connectivity index (χ3v) is 2.96. The van der Waals surface area contributed by atoms with Crippen LogP contribution in [0.25, 0.3) is 10.2 Å².